The van der Waals surface area contributed by atoms with E-state index in [1.165, 1.54) is 4.90 Å². The Bertz CT molecular complexity index is 175. The summed E-state index contributed by atoms with van der Waals surface area (Å²) in [6, 6.07) is 0. The lowest BCUT2D eigenvalue weighted by Crippen LogP contribution is -2.38. The highest BCUT2D eigenvalue weighted by Crippen LogP contribution is 2.02. The maximum absolute atomic E-state index is 11.4. The Morgan fingerprint density at radius 2 is 1.75 bits per heavy atom. The van der Waals surface area contributed by atoms with Gasteiger partial charge in [0.1, 0.15) is 0 Å². The van der Waals surface area contributed by atoms with E-state index >= 15 is 0 Å². The molecule has 0 aliphatic rings. The topological polar surface area (TPSA) is 37.4 Å². The predicted octanol–water partition coefficient (Wildman–Crippen LogP) is 1.43. The fourth-order valence-corrected chi connectivity index (χ4v) is 0.958. The molecule has 3 nitrogen and oxygen atoms in total. The molecule has 0 aromatic rings. The molecule has 0 radical (unpaired) electrons. The van der Waals surface area contributed by atoms with Crippen LogP contribution in [-0.2, 0) is 9.59 Å². The predicted molar refractivity (Wildman–Crippen MR) is 47.5 cm³/mol. The van der Waals surface area contributed by atoms with Crippen molar-refractivity contribution in [3.8, 4) is 0 Å². The molecule has 0 saturated carbocycles. The molecule has 0 rings (SSSR count). The maximum atomic E-state index is 11.4. The van der Waals surface area contributed by atoms with Crippen molar-refractivity contribution in [3.05, 3.63) is 0 Å². The van der Waals surface area contributed by atoms with Crippen molar-refractivity contribution < 1.29 is 9.59 Å². The maximum Gasteiger partial charge on any atom is 0.231 e. The van der Waals surface area contributed by atoms with Gasteiger partial charge in [0.2, 0.25) is 11.8 Å². The van der Waals surface area contributed by atoms with Crippen LogP contribution in [0.4, 0.5) is 0 Å². The van der Waals surface area contributed by atoms with Gasteiger partial charge in [0.05, 0.1) is 0 Å². The zero-order valence-corrected chi connectivity index (χ0v) is 8.26. The van der Waals surface area contributed by atoms with E-state index in [2.05, 4.69) is 0 Å². The van der Waals surface area contributed by atoms with Gasteiger partial charge in [-0.25, -0.2) is 0 Å². The third-order valence-corrected chi connectivity index (χ3v) is 1.68. The van der Waals surface area contributed by atoms with Crippen LogP contribution in [-0.4, -0.2) is 23.3 Å². The minimum atomic E-state index is -0.0968. The quantitative estimate of drug-likeness (QED) is 0.644. The molecule has 0 saturated heterocycles. The Hall–Kier alpha value is -0.860. The lowest BCUT2D eigenvalue weighted by molar-refractivity contribution is -0.146. The molecule has 0 fully saturated rings. The molecule has 0 N–H and O–H groups in total. The van der Waals surface area contributed by atoms with Gasteiger partial charge < -0.3 is 0 Å². The van der Waals surface area contributed by atoms with Crippen LogP contribution in [0.5, 0.6) is 0 Å². The number of amides is 2. The van der Waals surface area contributed by atoms with Crippen molar-refractivity contribution in [2.75, 3.05) is 6.54 Å². The summed E-state index contributed by atoms with van der Waals surface area (Å²) in [7, 11) is 0. The standard InChI is InChI=1S/C9H17NO2/c1-5-8(11)10(6-2)9(12)7(3)4/h7H,5-6H2,1-4H3. The molecule has 0 unspecified atom stereocenters. The lowest BCUT2D eigenvalue weighted by atomic mass is 10.2. The molecule has 12 heavy (non-hydrogen) atoms. The Balaban J connectivity index is 4.34. The van der Waals surface area contributed by atoms with Crippen LogP contribution in [0.3, 0.4) is 0 Å². The third-order valence-electron chi connectivity index (χ3n) is 1.68. The summed E-state index contributed by atoms with van der Waals surface area (Å²) in [6.45, 7) is 7.65. The third kappa shape index (κ3) is 2.64. The summed E-state index contributed by atoms with van der Waals surface area (Å²) in [6.07, 6.45) is 0.395. The molecular formula is C9H17NO2. The Morgan fingerprint density at radius 3 is 2.00 bits per heavy atom. The van der Waals surface area contributed by atoms with Crippen LogP contribution in [0, 0.1) is 5.92 Å². The fourth-order valence-electron chi connectivity index (χ4n) is 0.958. The number of carbonyl (C=O) groups excluding carboxylic acids is 2. The van der Waals surface area contributed by atoms with Gasteiger partial charge in [0.15, 0.2) is 0 Å². The lowest BCUT2D eigenvalue weighted by Gasteiger charge is -2.19. The van der Waals surface area contributed by atoms with Gasteiger partial charge in [-0.3, -0.25) is 14.5 Å². The number of rotatable bonds is 3. The minimum Gasteiger partial charge on any atom is -0.283 e. The molecule has 70 valence electrons. The second-order valence-corrected chi connectivity index (χ2v) is 2.98. The summed E-state index contributed by atoms with van der Waals surface area (Å²) < 4.78 is 0. The highest BCUT2D eigenvalue weighted by molar-refractivity contribution is 5.95. The van der Waals surface area contributed by atoms with Crippen LogP contribution in [0.25, 0.3) is 0 Å². The molecule has 0 bridgehead atoms. The molecule has 0 atom stereocenters. The minimum absolute atomic E-state index is 0.0793. The van der Waals surface area contributed by atoms with E-state index in [-0.39, 0.29) is 17.7 Å². The van der Waals surface area contributed by atoms with Crippen molar-refractivity contribution in [1.29, 1.82) is 0 Å². The summed E-state index contributed by atoms with van der Waals surface area (Å²) >= 11 is 0. The Labute approximate surface area is 73.7 Å². The molecular weight excluding hydrogens is 154 g/mol. The number of imide groups is 1. The van der Waals surface area contributed by atoms with Gasteiger partial charge in [-0.2, -0.15) is 0 Å². The van der Waals surface area contributed by atoms with Crippen LogP contribution < -0.4 is 0 Å². The van der Waals surface area contributed by atoms with E-state index in [1.54, 1.807) is 20.8 Å². The summed E-state index contributed by atoms with van der Waals surface area (Å²) in [5, 5.41) is 0. The highest BCUT2D eigenvalue weighted by Gasteiger charge is 2.19. The first-order chi connectivity index (χ1) is 5.54. The van der Waals surface area contributed by atoms with Crippen LogP contribution in [0.2, 0.25) is 0 Å². The molecule has 0 aliphatic heterocycles. The molecule has 0 aliphatic carbocycles. The van der Waals surface area contributed by atoms with Gasteiger partial charge in [-0.15, -0.1) is 0 Å². The SMILES string of the molecule is CCC(=O)N(CC)C(=O)C(C)C. The summed E-state index contributed by atoms with van der Waals surface area (Å²) in [5.74, 6) is -0.263. The van der Waals surface area contributed by atoms with E-state index in [4.69, 9.17) is 0 Å². The normalized spacial score (nSPS) is 10.1. The summed E-state index contributed by atoms with van der Waals surface area (Å²) in [4.78, 5) is 23.9. The first-order valence-electron chi connectivity index (χ1n) is 4.38. The number of carbonyl (C=O) groups is 2. The van der Waals surface area contributed by atoms with Crippen molar-refractivity contribution in [1.82, 2.24) is 4.90 Å². The average molecular weight is 171 g/mol. The number of hydrogen-bond acceptors (Lipinski definition) is 2. The van der Waals surface area contributed by atoms with Crippen molar-refractivity contribution in [3.63, 3.8) is 0 Å². The zero-order chi connectivity index (χ0) is 9.72. The first kappa shape index (κ1) is 11.1. The van der Waals surface area contributed by atoms with Crippen LogP contribution in [0.1, 0.15) is 34.1 Å². The van der Waals surface area contributed by atoms with Crippen LogP contribution >= 0.6 is 0 Å². The van der Waals surface area contributed by atoms with Gasteiger partial charge in [0.25, 0.3) is 0 Å². The van der Waals surface area contributed by atoms with Crippen LogP contribution in [0.15, 0.2) is 0 Å². The second-order valence-electron chi connectivity index (χ2n) is 2.98. The second kappa shape index (κ2) is 4.91. The fraction of sp³-hybridized carbons (Fsp3) is 0.778. The van der Waals surface area contributed by atoms with Gasteiger partial charge in [-0.05, 0) is 6.92 Å². The first-order valence-corrected chi connectivity index (χ1v) is 4.38. The van der Waals surface area contributed by atoms with Crippen molar-refractivity contribution in [2.45, 2.75) is 34.1 Å². The van der Waals surface area contributed by atoms with Gasteiger partial charge in [0, 0.05) is 18.9 Å². The summed E-state index contributed by atoms with van der Waals surface area (Å²) in [5.41, 5.74) is 0. The van der Waals surface area contributed by atoms with Crippen molar-refractivity contribution >= 4 is 11.8 Å². The van der Waals surface area contributed by atoms with E-state index in [0.717, 1.165) is 0 Å². The smallest absolute Gasteiger partial charge is 0.231 e. The Kier molecular flexibility index (Phi) is 4.55. The highest BCUT2D eigenvalue weighted by atomic mass is 16.2. The number of hydrogen-bond donors (Lipinski definition) is 0. The molecule has 0 spiro atoms. The molecule has 0 heterocycles. The van der Waals surface area contributed by atoms with Gasteiger partial charge >= 0.3 is 0 Å². The van der Waals surface area contributed by atoms with E-state index in [9.17, 15) is 9.59 Å². The van der Waals surface area contributed by atoms with E-state index < -0.39 is 0 Å². The molecule has 0 aromatic carbocycles. The largest absolute Gasteiger partial charge is 0.283 e. The zero-order valence-electron chi connectivity index (χ0n) is 8.26. The monoisotopic (exact) mass is 171 g/mol. The number of nitrogens with zero attached hydrogens (tertiary/aromatic N) is 1. The van der Waals surface area contributed by atoms with Gasteiger partial charge in [-0.1, -0.05) is 20.8 Å². The van der Waals surface area contributed by atoms with E-state index in [0.29, 0.717) is 13.0 Å². The Morgan fingerprint density at radius 1 is 1.25 bits per heavy atom. The van der Waals surface area contributed by atoms with Crippen molar-refractivity contribution in [2.24, 2.45) is 5.92 Å². The molecule has 3 heteroatoms. The molecule has 0 aromatic heterocycles. The van der Waals surface area contributed by atoms with E-state index in [1.807, 2.05) is 6.92 Å². The average Bonchev–Trinajstić information content (AvgIpc) is 2.05. The molecule has 2 amide bonds.